The molecule has 0 aromatic heterocycles. The lowest BCUT2D eigenvalue weighted by molar-refractivity contribution is -0.149. The largest absolute Gasteiger partial charge is 0.480 e. The summed E-state index contributed by atoms with van der Waals surface area (Å²) in [6.07, 6.45) is 1.07. The van der Waals surface area contributed by atoms with E-state index >= 15 is 0 Å². The van der Waals surface area contributed by atoms with E-state index in [0.29, 0.717) is 25.8 Å². The van der Waals surface area contributed by atoms with E-state index in [-0.39, 0.29) is 18.4 Å². The molecule has 0 unspecified atom stereocenters. The lowest BCUT2D eigenvalue weighted by Crippen LogP contribution is -2.54. The molecule has 1 aliphatic rings. The highest BCUT2D eigenvalue weighted by atomic mass is 16.5. The molecule has 0 aliphatic carbocycles. The van der Waals surface area contributed by atoms with Crippen LogP contribution in [0.25, 0.3) is 0 Å². The van der Waals surface area contributed by atoms with E-state index < -0.39 is 24.1 Å². The van der Waals surface area contributed by atoms with E-state index in [4.69, 9.17) is 4.74 Å². The van der Waals surface area contributed by atoms with E-state index in [1.54, 1.807) is 0 Å². The van der Waals surface area contributed by atoms with Crippen molar-refractivity contribution in [2.45, 2.75) is 51.8 Å². The van der Waals surface area contributed by atoms with E-state index in [9.17, 15) is 19.5 Å². The fourth-order valence-electron chi connectivity index (χ4n) is 3.04. The van der Waals surface area contributed by atoms with Crippen LogP contribution in [-0.2, 0) is 20.9 Å². The number of nitrogens with one attached hydrogen (secondary N) is 1. The van der Waals surface area contributed by atoms with Crippen LogP contribution < -0.4 is 5.32 Å². The van der Waals surface area contributed by atoms with Crippen molar-refractivity contribution in [1.82, 2.24) is 10.2 Å². The van der Waals surface area contributed by atoms with Crippen LogP contribution in [0.1, 0.15) is 38.7 Å². The Bertz CT molecular complexity index is 634. The third kappa shape index (κ3) is 4.97. The summed E-state index contributed by atoms with van der Waals surface area (Å²) in [4.78, 5) is 37.7. The number of ether oxygens (including phenoxy) is 1. The van der Waals surface area contributed by atoms with E-state index in [0.717, 1.165) is 5.56 Å². The second kappa shape index (κ2) is 9.22. The van der Waals surface area contributed by atoms with Gasteiger partial charge in [-0.3, -0.25) is 4.79 Å². The van der Waals surface area contributed by atoms with Crippen molar-refractivity contribution in [2.24, 2.45) is 5.92 Å². The Morgan fingerprint density at radius 1 is 1.31 bits per heavy atom. The molecule has 7 heteroatoms. The molecule has 1 aromatic carbocycles. The van der Waals surface area contributed by atoms with Gasteiger partial charge in [0, 0.05) is 6.54 Å². The molecule has 0 radical (unpaired) electrons. The molecule has 1 aromatic rings. The molecular formula is C19H26N2O5. The third-order valence-corrected chi connectivity index (χ3v) is 4.79. The summed E-state index contributed by atoms with van der Waals surface area (Å²) in [6, 6.07) is 7.62. The highest BCUT2D eigenvalue weighted by molar-refractivity contribution is 5.90. The zero-order chi connectivity index (χ0) is 19.1. The Labute approximate surface area is 153 Å². The van der Waals surface area contributed by atoms with Crippen LogP contribution in [-0.4, -0.2) is 46.6 Å². The summed E-state index contributed by atoms with van der Waals surface area (Å²) in [5.74, 6) is -1.51. The number of carboxylic acid groups (broad SMARTS) is 1. The second-order valence-corrected chi connectivity index (χ2v) is 6.60. The Morgan fingerprint density at radius 2 is 2.00 bits per heavy atom. The van der Waals surface area contributed by atoms with Crippen LogP contribution in [0.3, 0.4) is 0 Å². The minimum Gasteiger partial charge on any atom is -0.480 e. The molecule has 26 heavy (non-hydrogen) atoms. The first-order chi connectivity index (χ1) is 12.4. The summed E-state index contributed by atoms with van der Waals surface area (Å²) < 4.78 is 5.20. The van der Waals surface area contributed by atoms with Crippen LogP contribution in [0, 0.1) is 5.92 Å². The maximum absolute atomic E-state index is 12.9. The number of hydrogen-bond acceptors (Lipinski definition) is 4. The number of benzene rings is 1. The van der Waals surface area contributed by atoms with Gasteiger partial charge in [0.2, 0.25) is 5.91 Å². The summed E-state index contributed by atoms with van der Waals surface area (Å²) >= 11 is 0. The number of aliphatic carboxylic acids is 1. The molecule has 0 bridgehead atoms. The van der Waals surface area contributed by atoms with E-state index in [1.807, 2.05) is 44.2 Å². The zero-order valence-electron chi connectivity index (χ0n) is 15.2. The van der Waals surface area contributed by atoms with Gasteiger partial charge in [-0.1, -0.05) is 50.6 Å². The topological polar surface area (TPSA) is 95.9 Å². The number of alkyl carbamates (subject to hydrolysis) is 1. The number of amides is 2. The van der Waals surface area contributed by atoms with Gasteiger partial charge in [-0.15, -0.1) is 0 Å². The number of hydrogen-bond donors (Lipinski definition) is 2. The molecule has 7 nitrogen and oxygen atoms in total. The lowest BCUT2D eigenvalue weighted by Gasteiger charge is -2.30. The van der Waals surface area contributed by atoms with Crippen molar-refractivity contribution < 1.29 is 24.2 Å². The van der Waals surface area contributed by atoms with Crippen molar-refractivity contribution in [3.8, 4) is 0 Å². The number of carbonyl (C=O) groups is 3. The molecule has 0 saturated carbocycles. The van der Waals surface area contributed by atoms with E-state index in [1.165, 1.54) is 4.90 Å². The van der Waals surface area contributed by atoms with Crippen LogP contribution in [0.15, 0.2) is 30.3 Å². The standard InChI is InChI=1S/C19H26N2O5/c1-3-13(2)16(17(22)21-11-7-10-15(21)18(23)24)20-19(25)26-12-14-8-5-4-6-9-14/h4-6,8-9,13,15-16H,3,7,10-12H2,1-2H3,(H,20,25)(H,23,24)/t13-,15-,16+/m0/s1. The highest BCUT2D eigenvalue weighted by Gasteiger charge is 2.39. The number of carbonyl (C=O) groups excluding carboxylic acids is 2. The molecule has 1 heterocycles. The Morgan fingerprint density at radius 3 is 2.62 bits per heavy atom. The number of rotatable bonds is 7. The fraction of sp³-hybridized carbons (Fsp3) is 0.526. The normalized spacial score (nSPS) is 18.8. The summed E-state index contributed by atoms with van der Waals surface area (Å²) in [5.41, 5.74) is 0.847. The molecule has 2 N–H and O–H groups in total. The fourth-order valence-corrected chi connectivity index (χ4v) is 3.04. The van der Waals surface area contributed by atoms with Gasteiger partial charge in [0.15, 0.2) is 0 Å². The van der Waals surface area contributed by atoms with Gasteiger partial charge in [-0.25, -0.2) is 9.59 Å². The van der Waals surface area contributed by atoms with Gasteiger partial charge in [-0.2, -0.15) is 0 Å². The highest BCUT2D eigenvalue weighted by Crippen LogP contribution is 2.21. The molecule has 1 aliphatic heterocycles. The zero-order valence-corrected chi connectivity index (χ0v) is 15.2. The summed E-state index contributed by atoms with van der Waals surface area (Å²) in [7, 11) is 0. The van der Waals surface area contributed by atoms with Crippen molar-refractivity contribution in [3.63, 3.8) is 0 Å². The van der Waals surface area contributed by atoms with Crippen molar-refractivity contribution in [3.05, 3.63) is 35.9 Å². The second-order valence-electron chi connectivity index (χ2n) is 6.60. The Kier molecular flexibility index (Phi) is 7.00. The number of carboxylic acids is 1. The van der Waals surface area contributed by atoms with Gasteiger partial charge < -0.3 is 20.1 Å². The van der Waals surface area contributed by atoms with Gasteiger partial charge in [0.25, 0.3) is 0 Å². The maximum atomic E-state index is 12.9. The number of nitrogens with zero attached hydrogens (tertiary/aromatic N) is 1. The van der Waals surface area contributed by atoms with Crippen molar-refractivity contribution in [2.75, 3.05) is 6.54 Å². The van der Waals surface area contributed by atoms with Crippen LogP contribution >= 0.6 is 0 Å². The first-order valence-corrected chi connectivity index (χ1v) is 8.94. The lowest BCUT2D eigenvalue weighted by atomic mass is 9.97. The summed E-state index contributed by atoms with van der Waals surface area (Å²) in [5, 5.41) is 11.9. The third-order valence-electron chi connectivity index (χ3n) is 4.79. The average molecular weight is 362 g/mol. The molecule has 1 saturated heterocycles. The van der Waals surface area contributed by atoms with Crippen LogP contribution in [0.5, 0.6) is 0 Å². The van der Waals surface area contributed by atoms with Gasteiger partial charge in [0.1, 0.15) is 18.7 Å². The Hall–Kier alpha value is -2.57. The monoisotopic (exact) mass is 362 g/mol. The predicted molar refractivity (Wildman–Crippen MR) is 95.4 cm³/mol. The molecule has 3 atom stereocenters. The minimum atomic E-state index is -1.01. The van der Waals surface area contributed by atoms with Gasteiger partial charge in [-0.05, 0) is 24.3 Å². The molecule has 0 spiro atoms. The molecule has 1 fully saturated rings. The van der Waals surface area contributed by atoms with Crippen LogP contribution in [0.4, 0.5) is 4.79 Å². The van der Waals surface area contributed by atoms with Crippen LogP contribution in [0.2, 0.25) is 0 Å². The van der Waals surface area contributed by atoms with E-state index in [2.05, 4.69) is 5.32 Å². The summed E-state index contributed by atoms with van der Waals surface area (Å²) in [6.45, 7) is 4.27. The predicted octanol–water partition coefficient (Wildman–Crippen LogP) is 2.40. The molecule has 2 rings (SSSR count). The number of likely N-dealkylation sites (tertiary alicyclic amines) is 1. The first-order valence-electron chi connectivity index (χ1n) is 8.94. The first kappa shape index (κ1) is 19.8. The van der Waals surface area contributed by atoms with Gasteiger partial charge in [0.05, 0.1) is 0 Å². The quantitative estimate of drug-likeness (QED) is 0.776. The smallest absolute Gasteiger partial charge is 0.408 e. The van der Waals surface area contributed by atoms with Crippen molar-refractivity contribution >= 4 is 18.0 Å². The van der Waals surface area contributed by atoms with Gasteiger partial charge >= 0.3 is 12.1 Å². The molecule has 142 valence electrons. The molecular weight excluding hydrogens is 336 g/mol. The maximum Gasteiger partial charge on any atom is 0.408 e. The Balaban J connectivity index is 2.01. The SMILES string of the molecule is CC[C@H](C)[C@@H](NC(=O)OCc1ccccc1)C(=O)N1CCC[C@H]1C(=O)O. The average Bonchev–Trinajstić information content (AvgIpc) is 3.14. The molecule has 2 amide bonds. The minimum absolute atomic E-state index is 0.107. The van der Waals surface area contributed by atoms with Crippen molar-refractivity contribution in [1.29, 1.82) is 0 Å².